The van der Waals surface area contributed by atoms with Crippen LogP contribution in [0.5, 0.6) is 0 Å². The molecule has 3 rings (SSSR count). The number of aryl methyl sites for hydroxylation is 2. The number of piperidine rings is 1. The van der Waals surface area contributed by atoms with E-state index in [0.29, 0.717) is 12.4 Å². The Morgan fingerprint density at radius 3 is 2.54 bits per heavy atom. The number of rotatable bonds is 5. The molecule has 1 aromatic heterocycles. The van der Waals surface area contributed by atoms with Crippen molar-refractivity contribution in [2.24, 2.45) is 5.92 Å². The number of likely N-dealkylation sites (tertiary alicyclic amines) is 1. The van der Waals surface area contributed by atoms with Crippen LogP contribution < -0.4 is 10.6 Å². The molecule has 1 aliphatic rings. The molecule has 2 aromatic rings. The Hall–Kier alpha value is -2.25. The zero-order valence-corrected chi connectivity index (χ0v) is 17.8. The standard InChI is InChI=1S/C21H25BrN4O2/c1-14-3-6-19(23-12-14)25-21(28)16-7-9-26(10-8-16)13-20(27)24-17-4-5-18(22)15(2)11-17/h3-6,11-12,16H,7-10,13H2,1-2H3,(H,24,27)(H,23,25,28). The van der Waals surface area contributed by atoms with E-state index in [1.807, 2.05) is 44.2 Å². The summed E-state index contributed by atoms with van der Waals surface area (Å²) in [5.74, 6) is 0.512. The van der Waals surface area contributed by atoms with Gasteiger partial charge in [0.05, 0.1) is 6.54 Å². The first-order valence-corrected chi connectivity index (χ1v) is 10.2. The molecule has 1 aliphatic heterocycles. The number of nitrogens with one attached hydrogen (secondary N) is 2. The largest absolute Gasteiger partial charge is 0.325 e. The summed E-state index contributed by atoms with van der Waals surface area (Å²) < 4.78 is 1.02. The molecule has 2 amide bonds. The number of halogens is 1. The fraction of sp³-hybridized carbons (Fsp3) is 0.381. The number of aromatic nitrogens is 1. The Kier molecular flexibility index (Phi) is 6.80. The van der Waals surface area contributed by atoms with E-state index in [1.165, 1.54) is 0 Å². The quantitative estimate of drug-likeness (QED) is 0.736. The Morgan fingerprint density at radius 1 is 1.14 bits per heavy atom. The monoisotopic (exact) mass is 444 g/mol. The van der Waals surface area contributed by atoms with Crippen LogP contribution >= 0.6 is 15.9 Å². The maximum Gasteiger partial charge on any atom is 0.238 e. The molecule has 1 saturated heterocycles. The van der Waals surface area contributed by atoms with E-state index in [0.717, 1.165) is 47.2 Å². The molecule has 2 N–H and O–H groups in total. The number of carbonyl (C=O) groups is 2. The average molecular weight is 445 g/mol. The van der Waals surface area contributed by atoms with Gasteiger partial charge in [0.25, 0.3) is 0 Å². The molecule has 0 unspecified atom stereocenters. The third kappa shape index (κ3) is 5.62. The van der Waals surface area contributed by atoms with Crippen LogP contribution in [0.2, 0.25) is 0 Å². The predicted octanol–water partition coefficient (Wildman–Crippen LogP) is 3.75. The Bertz CT molecular complexity index is 846. The summed E-state index contributed by atoms with van der Waals surface area (Å²) in [5, 5.41) is 5.82. The first kappa shape index (κ1) is 20.5. The van der Waals surface area contributed by atoms with Crippen molar-refractivity contribution in [1.82, 2.24) is 9.88 Å². The van der Waals surface area contributed by atoms with E-state index in [9.17, 15) is 9.59 Å². The van der Waals surface area contributed by atoms with E-state index in [4.69, 9.17) is 0 Å². The van der Waals surface area contributed by atoms with E-state index in [-0.39, 0.29) is 17.7 Å². The van der Waals surface area contributed by atoms with Crippen molar-refractivity contribution in [3.05, 3.63) is 52.1 Å². The maximum atomic E-state index is 12.4. The molecule has 0 aliphatic carbocycles. The number of anilines is 2. The van der Waals surface area contributed by atoms with Gasteiger partial charge in [0, 0.05) is 22.3 Å². The molecule has 2 heterocycles. The molecule has 1 fully saturated rings. The van der Waals surface area contributed by atoms with Crippen LogP contribution in [0.1, 0.15) is 24.0 Å². The molecule has 1 aromatic carbocycles. The molecule has 0 saturated carbocycles. The maximum absolute atomic E-state index is 12.4. The first-order valence-electron chi connectivity index (χ1n) is 9.42. The summed E-state index contributed by atoms with van der Waals surface area (Å²) >= 11 is 3.46. The van der Waals surface area contributed by atoms with Gasteiger partial charge in [0.15, 0.2) is 0 Å². The van der Waals surface area contributed by atoms with Gasteiger partial charge in [-0.3, -0.25) is 14.5 Å². The lowest BCUT2D eigenvalue weighted by molar-refractivity contribution is -0.121. The second-order valence-electron chi connectivity index (χ2n) is 7.27. The lowest BCUT2D eigenvalue weighted by Gasteiger charge is -2.30. The molecule has 0 radical (unpaired) electrons. The fourth-order valence-corrected chi connectivity index (χ4v) is 3.50. The van der Waals surface area contributed by atoms with Crippen LogP contribution in [0.25, 0.3) is 0 Å². The van der Waals surface area contributed by atoms with E-state index in [2.05, 4.69) is 36.4 Å². The molecule has 0 bridgehead atoms. The van der Waals surface area contributed by atoms with Gasteiger partial charge in [-0.25, -0.2) is 4.98 Å². The summed E-state index contributed by atoms with van der Waals surface area (Å²) in [6.45, 7) is 5.74. The number of pyridine rings is 1. The van der Waals surface area contributed by atoms with Crippen molar-refractivity contribution in [1.29, 1.82) is 0 Å². The Balaban J connectivity index is 1.44. The van der Waals surface area contributed by atoms with Crippen molar-refractivity contribution in [3.63, 3.8) is 0 Å². The van der Waals surface area contributed by atoms with Gasteiger partial charge >= 0.3 is 0 Å². The topological polar surface area (TPSA) is 74.3 Å². The van der Waals surface area contributed by atoms with Crippen molar-refractivity contribution >= 4 is 39.2 Å². The van der Waals surface area contributed by atoms with Crippen LogP contribution in [0.3, 0.4) is 0 Å². The van der Waals surface area contributed by atoms with Crippen LogP contribution in [0, 0.1) is 19.8 Å². The van der Waals surface area contributed by atoms with Gasteiger partial charge in [-0.2, -0.15) is 0 Å². The van der Waals surface area contributed by atoms with Crippen LogP contribution in [0.4, 0.5) is 11.5 Å². The lowest BCUT2D eigenvalue weighted by atomic mass is 9.96. The first-order chi connectivity index (χ1) is 13.4. The third-order valence-corrected chi connectivity index (χ3v) is 5.82. The van der Waals surface area contributed by atoms with Gasteiger partial charge in [-0.1, -0.05) is 22.0 Å². The second-order valence-corrected chi connectivity index (χ2v) is 8.13. The van der Waals surface area contributed by atoms with Gasteiger partial charge < -0.3 is 10.6 Å². The highest BCUT2D eigenvalue weighted by atomic mass is 79.9. The van der Waals surface area contributed by atoms with Crippen molar-refractivity contribution in [3.8, 4) is 0 Å². The number of amides is 2. The molecule has 6 nitrogen and oxygen atoms in total. The normalized spacial score (nSPS) is 15.2. The van der Waals surface area contributed by atoms with Crippen molar-refractivity contribution in [2.75, 3.05) is 30.3 Å². The molecule has 148 valence electrons. The molecule has 7 heteroatoms. The summed E-state index contributed by atoms with van der Waals surface area (Å²) in [7, 11) is 0. The number of nitrogens with zero attached hydrogens (tertiary/aromatic N) is 2. The third-order valence-electron chi connectivity index (χ3n) is 4.93. The zero-order valence-electron chi connectivity index (χ0n) is 16.2. The minimum atomic E-state index is -0.0449. The number of benzene rings is 1. The molecular formula is C21H25BrN4O2. The van der Waals surface area contributed by atoms with E-state index < -0.39 is 0 Å². The highest BCUT2D eigenvalue weighted by Crippen LogP contribution is 2.21. The number of hydrogen-bond acceptors (Lipinski definition) is 4. The van der Waals surface area contributed by atoms with Gasteiger partial charge in [0.2, 0.25) is 11.8 Å². The average Bonchev–Trinajstić information content (AvgIpc) is 2.67. The van der Waals surface area contributed by atoms with Crippen LogP contribution in [-0.2, 0) is 9.59 Å². The van der Waals surface area contributed by atoms with Gasteiger partial charge in [-0.05, 0) is 75.2 Å². The Labute approximate surface area is 173 Å². The fourth-order valence-electron chi connectivity index (χ4n) is 3.25. The number of hydrogen-bond donors (Lipinski definition) is 2. The summed E-state index contributed by atoms with van der Waals surface area (Å²) in [6.07, 6.45) is 3.22. The van der Waals surface area contributed by atoms with E-state index in [1.54, 1.807) is 6.20 Å². The van der Waals surface area contributed by atoms with Gasteiger partial charge in [-0.15, -0.1) is 0 Å². The molecule has 0 atom stereocenters. The minimum Gasteiger partial charge on any atom is -0.325 e. The van der Waals surface area contributed by atoms with E-state index >= 15 is 0 Å². The number of carbonyl (C=O) groups excluding carboxylic acids is 2. The lowest BCUT2D eigenvalue weighted by Crippen LogP contribution is -2.41. The molecule has 28 heavy (non-hydrogen) atoms. The highest BCUT2D eigenvalue weighted by molar-refractivity contribution is 9.10. The molecular weight excluding hydrogens is 420 g/mol. The SMILES string of the molecule is Cc1ccc(NC(=O)C2CCN(CC(=O)Nc3ccc(Br)c(C)c3)CC2)nc1. The summed E-state index contributed by atoms with van der Waals surface area (Å²) in [4.78, 5) is 31.1. The van der Waals surface area contributed by atoms with Crippen molar-refractivity contribution < 1.29 is 9.59 Å². The Morgan fingerprint density at radius 2 is 1.89 bits per heavy atom. The summed E-state index contributed by atoms with van der Waals surface area (Å²) in [5.41, 5.74) is 2.93. The second kappa shape index (κ2) is 9.30. The van der Waals surface area contributed by atoms with Crippen molar-refractivity contribution in [2.45, 2.75) is 26.7 Å². The zero-order chi connectivity index (χ0) is 20.1. The summed E-state index contributed by atoms with van der Waals surface area (Å²) in [6, 6.07) is 9.49. The highest BCUT2D eigenvalue weighted by Gasteiger charge is 2.26. The van der Waals surface area contributed by atoms with Gasteiger partial charge in [0.1, 0.15) is 5.82 Å². The molecule has 0 spiro atoms. The predicted molar refractivity (Wildman–Crippen MR) is 114 cm³/mol. The van der Waals surface area contributed by atoms with Crippen LogP contribution in [-0.4, -0.2) is 41.3 Å². The minimum absolute atomic E-state index is 0.00536. The smallest absolute Gasteiger partial charge is 0.238 e. The van der Waals surface area contributed by atoms with Crippen LogP contribution in [0.15, 0.2) is 41.0 Å².